The molecule has 0 saturated heterocycles. The van der Waals surface area contributed by atoms with Crippen molar-refractivity contribution >= 4 is 0 Å². The van der Waals surface area contributed by atoms with Gasteiger partial charge in [-0.2, -0.15) is 0 Å². The van der Waals surface area contributed by atoms with Crippen LogP contribution in [-0.4, -0.2) is 7.11 Å². The molecule has 0 heterocycles. The number of hydrogen-bond donors (Lipinski definition) is 0. The molecule has 0 aromatic heterocycles. The van der Waals surface area contributed by atoms with Gasteiger partial charge in [-0.25, -0.2) is 0 Å². The maximum Gasteiger partial charge on any atom is 0.118 e. The molecule has 0 radical (unpaired) electrons. The highest BCUT2D eigenvalue weighted by Crippen LogP contribution is 2.12. The summed E-state index contributed by atoms with van der Waals surface area (Å²) in [5.41, 5.74) is 1.40. The lowest BCUT2D eigenvalue weighted by Gasteiger charge is -2.01. The molecule has 12 heavy (non-hydrogen) atoms. The third kappa shape index (κ3) is 2.57. The molecule has 0 aliphatic heterocycles. The van der Waals surface area contributed by atoms with E-state index in [9.17, 15) is 0 Å². The van der Waals surface area contributed by atoms with Gasteiger partial charge >= 0.3 is 0 Å². The Morgan fingerprint density at radius 1 is 1.17 bits per heavy atom. The van der Waals surface area contributed by atoms with Crippen LogP contribution in [0.4, 0.5) is 0 Å². The summed E-state index contributed by atoms with van der Waals surface area (Å²) in [5, 5.41) is 0. The molecule has 0 N–H and O–H groups in total. The van der Waals surface area contributed by atoms with Crippen molar-refractivity contribution < 1.29 is 4.74 Å². The summed E-state index contributed by atoms with van der Waals surface area (Å²) in [4.78, 5) is 0. The minimum atomic E-state index is 0.940. The Kier molecular flexibility index (Phi) is 3.65. The van der Waals surface area contributed by atoms with Crippen molar-refractivity contribution in [2.45, 2.75) is 26.2 Å². The third-order valence-electron chi connectivity index (χ3n) is 1.98. The van der Waals surface area contributed by atoms with E-state index in [2.05, 4.69) is 19.1 Å². The van der Waals surface area contributed by atoms with Gasteiger partial charge in [-0.3, -0.25) is 0 Å². The van der Waals surface area contributed by atoms with Gasteiger partial charge < -0.3 is 4.74 Å². The van der Waals surface area contributed by atoms with Gasteiger partial charge in [0.05, 0.1) is 7.11 Å². The molecule has 66 valence electrons. The molecular weight excluding hydrogens is 148 g/mol. The standard InChI is InChI=1S/C11H16O/c1-3-4-5-10-6-8-11(12-2)9-7-10/h6-9H,3-5H2,1-2H3. The van der Waals surface area contributed by atoms with Crippen LogP contribution in [0, 0.1) is 0 Å². The van der Waals surface area contributed by atoms with E-state index in [4.69, 9.17) is 4.74 Å². The molecule has 0 unspecified atom stereocenters. The lowest BCUT2D eigenvalue weighted by atomic mass is 10.1. The van der Waals surface area contributed by atoms with E-state index in [1.54, 1.807) is 7.11 Å². The second kappa shape index (κ2) is 4.81. The molecule has 0 amide bonds. The molecule has 1 aromatic rings. The van der Waals surface area contributed by atoms with E-state index in [0.29, 0.717) is 0 Å². The lowest BCUT2D eigenvalue weighted by Crippen LogP contribution is -1.86. The van der Waals surface area contributed by atoms with Gasteiger partial charge in [0.1, 0.15) is 5.75 Å². The highest BCUT2D eigenvalue weighted by Gasteiger charge is 1.92. The van der Waals surface area contributed by atoms with Crippen LogP contribution in [0.5, 0.6) is 5.75 Å². The summed E-state index contributed by atoms with van der Waals surface area (Å²) in [6, 6.07) is 8.30. The van der Waals surface area contributed by atoms with Gasteiger partial charge in [0.15, 0.2) is 0 Å². The van der Waals surface area contributed by atoms with Crippen molar-refractivity contribution in [1.29, 1.82) is 0 Å². The highest BCUT2D eigenvalue weighted by molar-refractivity contribution is 5.27. The number of methoxy groups -OCH3 is 1. The number of benzene rings is 1. The lowest BCUT2D eigenvalue weighted by molar-refractivity contribution is 0.414. The minimum Gasteiger partial charge on any atom is -0.497 e. The third-order valence-corrected chi connectivity index (χ3v) is 1.98. The second-order valence-corrected chi connectivity index (χ2v) is 2.95. The summed E-state index contributed by atoms with van der Waals surface area (Å²) in [5.74, 6) is 0.940. The van der Waals surface area contributed by atoms with E-state index in [0.717, 1.165) is 5.75 Å². The number of rotatable bonds is 4. The Bertz CT molecular complexity index is 213. The van der Waals surface area contributed by atoms with Crippen LogP contribution >= 0.6 is 0 Å². The Balaban J connectivity index is 2.53. The zero-order chi connectivity index (χ0) is 8.81. The van der Waals surface area contributed by atoms with Crippen molar-refractivity contribution in [1.82, 2.24) is 0 Å². The van der Waals surface area contributed by atoms with Crippen LogP contribution in [0.3, 0.4) is 0 Å². The summed E-state index contributed by atoms with van der Waals surface area (Å²) < 4.78 is 5.07. The summed E-state index contributed by atoms with van der Waals surface area (Å²) in [6.45, 7) is 2.21. The molecule has 0 fully saturated rings. The van der Waals surface area contributed by atoms with Crippen molar-refractivity contribution in [2.24, 2.45) is 0 Å². The molecule has 0 saturated carbocycles. The van der Waals surface area contributed by atoms with Crippen LogP contribution in [-0.2, 0) is 6.42 Å². The van der Waals surface area contributed by atoms with Gasteiger partial charge in [0.25, 0.3) is 0 Å². The quantitative estimate of drug-likeness (QED) is 0.664. The Morgan fingerprint density at radius 2 is 1.83 bits per heavy atom. The van der Waals surface area contributed by atoms with E-state index < -0.39 is 0 Å². The normalized spacial score (nSPS) is 9.83. The smallest absolute Gasteiger partial charge is 0.118 e. The number of ether oxygens (including phenoxy) is 1. The first kappa shape index (κ1) is 9.11. The van der Waals surface area contributed by atoms with Crippen molar-refractivity contribution in [3.8, 4) is 5.75 Å². The van der Waals surface area contributed by atoms with E-state index in [-0.39, 0.29) is 0 Å². The van der Waals surface area contributed by atoms with Gasteiger partial charge in [0, 0.05) is 0 Å². The predicted molar refractivity (Wildman–Crippen MR) is 51.6 cm³/mol. The van der Waals surface area contributed by atoms with Crippen LogP contribution < -0.4 is 4.74 Å². The molecule has 0 aliphatic carbocycles. The van der Waals surface area contributed by atoms with Gasteiger partial charge in [-0.05, 0) is 30.5 Å². The maximum absolute atomic E-state index is 5.07. The molecule has 1 heteroatoms. The molecule has 0 aliphatic rings. The average Bonchev–Trinajstić information content (AvgIpc) is 2.15. The number of hydrogen-bond acceptors (Lipinski definition) is 1. The summed E-state index contributed by atoms with van der Waals surface area (Å²) in [7, 11) is 1.70. The van der Waals surface area contributed by atoms with Gasteiger partial charge in [-0.1, -0.05) is 25.5 Å². The highest BCUT2D eigenvalue weighted by atomic mass is 16.5. The monoisotopic (exact) mass is 164 g/mol. The van der Waals surface area contributed by atoms with Crippen LogP contribution in [0.1, 0.15) is 25.3 Å². The Morgan fingerprint density at radius 3 is 2.33 bits per heavy atom. The zero-order valence-corrected chi connectivity index (χ0v) is 7.84. The van der Waals surface area contributed by atoms with Crippen LogP contribution in [0.15, 0.2) is 24.3 Å². The molecule has 1 nitrogen and oxygen atoms in total. The van der Waals surface area contributed by atoms with E-state index >= 15 is 0 Å². The van der Waals surface area contributed by atoms with Gasteiger partial charge in [0.2, 0.25) is 0 Å². The second-order valence-electron chi connectivity index (χ2n) is 2.95. The topological polar surface area (TPSA) is 9.23 Å². The largest absolute Gasteiger partial charge is 0.497 e. The molecule has 0 atom stereocenters. The molecular formula is C11H16O. The van der Waals surface area contributed by atoms with Gasteiger partial charge in [-0.15, -0.1) is 0 Å². The fourth-order valence-electron chi connectivity index (χ4n) is 1.17. The SMILES string of the molecule is CCCCc1ccc(OC)cc1. The number of aryl methyl sites for hydroxylation is 1. The average molecular weight is 164 g/mol. The Labute approximate surface area is 74.4 Å². The minimum absolute atomic E-state index is 0.940. The van der Waals surface area contributed by atoms with Crippen LogP contribution in [0.2, 0.25) is 0 Å². The first-order chi connectivity index (χ1) is 5.86. The van der Waals surface area contributed by atoms with Crippen LogP contribution in [0.25, 0.3) is 0 Å². The zero-order valence-electron chi connectivity index (χ0n) is 7.84. The molecule has 0 spiro atoms. The Hall–Kier alpha value is -0.980. The first-order valence-corrected chi connectivity index (χ1v) is 4.49. The maximum atomic E-state index is 5.07. The molecule has 1 aromatic carbocycles. The molecule has 0 bridgehead atoms. The van der Waals surface area contributed by atoms with Crippen molar-refractivity contribution in [2.75, 3.05) is 7.11 Å². The van der Waals surface area contributed by atoms with Crippen molar-refractivity contribution in [3.05, 3.63) is 29.8 Å². The van der Waals surface area contributed by atoms with E-state index in [1.165, 1.54) is 24.8 Å². The first-order valence-electron chi connectivity index (χ1n) is 4.49. The van der Waals surface area contributed by atoms with E-state index in [1.807, 2.05) is 12.1 Å². The summed E-state index contributed by atoms with van der Waals surface area (Å²) in [6.07, 6.45) is 3.71. The number of unbranched alkanes of at least 4 members (excludes halogenated alkanes) is 1. The fraction of sp³-hybridized carbons (Fsp3) is 0.455. The molecule has 1 rings (SSSR count). The van der Waals surface area contributed by atoms with Crippen molar-refractivity contribution in [3.63, 3.8) is 0 Å². The predicted octanol–water partition coefficient (Wildman–Crippen LogP) is 3.04. The fourth-order valence-corrected chi connectivity index (χ4v) is 1.17. The summed E-state index contributed by atoms with van der Waals surface area (Å²) >= 11 is 0.